The fourth-order valence-corrected chi connectivity index (χ4v) is 3.10. The van der Waals surface area contributed by atoms with Crippen LogP contribution in [0.5, 0.6) is 0 Å². The molecule has 3 aromatic rings. The summed E-state index contributed by atoms with van der Waals surface area (Å²) in [4.78, 5) is 4.05. The number of aliphatic imine (C=N–C) groups is 1. The van der Waals surface area contributed by atoms with Gasteiger partial charge in [0.15, 0.2) is 0 Å². The highest BCUT2D eigenvalue weighted by molar-refractivity contribution is 6.30. The number of benzene rings is 3. The van der Waals surface area contributed by atoms with E-state index < -0.39 is 23.6 Å². The average molecular weight is 446 g/mol. The van der Waals surface area contributed by atoms with Crippen LogP contribution in [0.15, 0.2) is 96.0 Å². The first-order chi connectivity index (χ1) is 14.7. The molecule has 6 heteroatoms. The molecule has 3 aromatic carbocycles. The molecule has 0 saturated carbocycles. The summed E-state index contributed by atoms with van der Waals surface area (Å²) in [5, 5.41) is 0.304. The second-order valence-corrected chi connectivity index (χ2v) is 7.45. The van der Waals surface area contributed by atoms with Crippen molar-refractivity contribution in [2.75, 3.05) is 0 Å². The maximum atomic E-state index is 15.3. The topological polar surface area (TPSA) is 12.4 Å². The first kappa shape index (κ1) is 22.8. The normalized spacial score (nSPS) is 14.1. The summed E-state index contributed by atoms with van der Waals surface area (Å²) in [6, 6.07) is 21.3. The Kier molecular flexibility index (Phi) is 6.96. The number of hydrogen-bond acceptors (Lipinski definition) is 1. The van der Waals surface area contributed by atoms with E-state index in [0.717, 1.165) is 6.08 Å². The molecular weight excluding hydrogens is 426 g/mol. The van der Waals surface area contributed by atoms with Crippen LogP contribution in [0.1, 0.15) is 29.7 Å². The van der Waals surface area contributed by atoms with Crippen LogP contribution >= 0.6 is 11.6 Å². The van der Waals surface area contributed by atoms with Gasteiger partial charge in [0.1, 0.15) is 5.71 Å². The van der Waals surface area contributed by atoms with E-state index >= 15 is 8.78 Å². The number of rotatable bonds is 7. The van der Waals surface area contributed by atoms with E-state index in [0.29, 0.717) is 16.1 Å². The van der Waals surface area contributed by atoms with Crippen LogP contribution in [0.2, 0.25) is 5.02 Å². The van der Waals surface area contributed by atoms with E-state index in [2.05, 4.69) is 4.99 Å². The Morgan fingerprint density at radius 1 is 0.839 bits per heavy atom. The average Bonchev–Trinajstić information content (AvgIpc) is 2.78. The summed E-state index contributed by atoms with van der Waals surface area (Å²) in [5.74, 6) is -9.03. The van der Waals surface area contributed by atoms with Gasteiger partial charge >= 0.3 is 11.8 Å². The summed E-state index contributed by atoms with van der Waals surface area (Å²) in [5.41, 5.74) is -0.0956. The number of allylic oxidation sites excluding steroid dienone is 1. The Balaban J connectivity index is 2.05. The predicted molar refractivity (Wildman–Crippen MR) is 118 cm³/mol. The molecule has 0 aliphatic heterocycles. The minimum absolute atomic E-state index is 0.120. The number of halogens is 5. The quantitative estimate of drug-likeness (QED) is 0.259. The van der Waals surface area contributed by atoms with Crippen molar-refractivity contribution in [2.24, 2.45) is 4.99 Å². The third-order valence-corrected chi connectivity index (χ3v) is 4.98. The van der Waals surface area contributed by atoms with Crippen molar-refractivity contribution in [1.82, 2.24) is 0 Å². The Hall–Kier alpha value is -2.92. The van der Waals surface area contributed by atoms with E-state index in [4.69, 9.17) is 11.6 Å². The molecular formula is C25H20ClF4N. The van der Waals surface area contributed by atoms with Crippen molar-refractivity contribution in [2.45, 2.75) is 24.8 Å². The fraction of sp³-hybridized carbons (Fsp3) is 0.160. The summed E-state index contributed by atoms with van der Waals surface area (Å²) < 4.78 is 60.2. The minimum Gasteiger partial charge on any atom is -0.275 e. The van der Waals surface area contributed by atoms with Gasteiger partial charge in [0.2, 0.25) is 0 Å². The van der Waals surface area contributed by atoms with Crippen LogP contribution < -0.4 is 0 Å². The first-order valence-electron chi connectivity index (χ1n) is 9.60. The lowest BCUT2D eigenvalue weighted by atomic mass is 9.97. The smallest absolute Gasteiger partial charge is 0.275 e. The Morgan fingerprint density at radius 2 is 1.39 bits per heavy atom. The summed E-state index contributed by atoms with van der Waals surface area (Å²) in [7, 11) is 0. The molecule has 1 atom stereocenters. The van der Waals surface area contributed by atoms with E-state index in [9.17, 15) is 8.78 Å². The van der Waals surface area contributed by atoms with Crippen molar-refractivity contribution in [3.8, 4) is 0 Å². The second-order valence-electron chi connectivity index (χ2n) is 7.01. The number of alkyl halides is 4. The zero-order chi connectivity index (χ0) is 22.5. The highest BCUT2D eigenvalue weighted by Crippen LogP contribution is 2.40. The van der Waals surface area contributed by atoms with Gasteiger partial charge in [-0.3, -0.25) is 4.99 Å². The molecule has 0 bridgehead atoms. The molecule has 0 aliphatic rings. The van der Waals surface area contributed by atoms with Gasteiger partial charge in [0.05, 0.1) is 6.04 Å². The molecule has 3 rings (SSSR count). The van der Waals surface area contributed by atoms with Crippen LogP contribution in [0.4, 0.5) is 17.6 Å². The molecule has 0 saturated heterocycles. The first-order valence-corrected chi connectivity index (χ1v) is 9.97. The minimum atomic E-state index is -4.56. The third-order valence-electron chi connectivity index (χ3n) is 4.72. The van der Waals surface area contributed by atoms with E-state index in [-0.39, 0.29) is 11.6 Å². The second kappa shape index (κ2) is 9.48. The van der Waals surface area contributed by atoms with Crippen molar-refractivity contribution in [3.05, 3.63) is 113 Å². The Labute approximate surface area is 183 Å². The molecule has 1 nitrogen and oxygen atoms in total. The fourth-order valence-electron chi connectivity index (χ4n) is 2.97. The molecule has 0 N–H and O–H groups in total. The standard InChI is InChI=1S/C25H20ClF4N/c1-18(20-10-6-3-7-11-20)31-23(21-12-14-22(26)15-13-21)25(29,30)24(27,28)17-16-19-8-4-2-5-9-19/h2-18H,1H3/b17-16+,31-23?. The van der Waals surface area contributed by atoms with Crippen molar-refractivity contribution >= 4 is 23.4 Å². The van der Waals surface area contributed by atoms with E-state index in [1.807, 2.05) is 0 Å². The van der Waals surface area contributed by atoms with Gasteiger partial charge in [-0.15, -0.1) is 0 Å². The molecule has 0 amide bonds. The zero-order valence-corrected chi connectivity index (χ0v) is 17.4. The molecule has 160 valence electrons. The van der Waals surface area contributed by atoms with Gasteiger partial charge in [-0.05, 0) is 36.3 Å². The Morgan fingerprint density at radius 3 is 1.97 bits per heavy atom. The molecule has 1 unspecified atom stereocenters. The SMILES string of the molecule is CC(N=C(c1ccc(Cl)cc1)C(F)(F)C(F)(F)/C=C/c1ccccc1)c1ccccc1. The number of hydrogen-bond donors (Lipinski definition) is 0. The van der Waals surface area contributed by atoms with Gasteiger partial charge in [0, 0.05) is 10.6 Å². The van der Waals surface area contributed by atoms with Crippen LogP contribution in [0.3, 0.4) is 0 Å². The van der Waals surface area contributed by atoms with Crippen LogP contribution in [-0.4, -0.2) is 17.6 Å². The number of nitrogens with zero attached hydrogens (tertiary/aromatic N) is 1. The van der Waals surface area contributed by atoms with Crippen LogP contribution in [0, 0.1) is 0 Å². The van der Waals surface area contributed by atoms with E-state index in [1.54, 1.807) is 67.6 Å². The van der Waals surface area contributed by atoms with Gasteiger partial charge in [0.25, 0.3) is 0 Å². The molecule has 31 heavy (non-hydrogen) atoms. The van der Waals surface area contributed by atoms with Crippen molar-refractivity contribution < 1.29 is 17.6 Å². The molecule has 0 fully saturated rings. The van der Waals surface area contributed by atoms with Crippen molar-refractivity contribution in [1.29, 1.82) is 0 Å². The highest BCUT2D eigenvalue weighted by atomic mass is 35.5. The predicted octanol–water partition coefficient (Wildman–Crippen LogP) is 7.87. The largest absolute Gasteiger partial charge is 0.355 e. The lowest BCUT2D eigenvalue weighted by Gasteiger charge is -2.27. The lowest BCUT2D eigenvalue weighted by Crippen LogP contribution is -2.46. The van der Waals surface area contributed by atoms with Gasteiger partial charge in [-0.1, -0.05) is 90.5 Å². The molecule has 0 spiro atoms. The highest BCUT2D eigenvalue weighted by Gasteiger charge is 2.58. The summed E-state index contributed by atoms with van der Waals surface area (Å²) >= 11 is 5.85. The summed E-state index contributed by atoms with van der Waals surface area (Å²) in [6.45, 7) is 1.58. The van der Waals surface area contributed by atoms with E-state index in [1.165, 1.54) is 24.3 Å². The van der Waals surface area contributed by atoms with Crippen molar-refractivity contribution in [3.63, 3.8) is 0 Å². The van der Waals surface area contributed by atoms with Gasteiger partial charge in [-0.25, -0.2) is 0 Å². The Bertz CT molecular complexity index is 1050. The van der Waals surface area contributed by atoms with Gasteiger partial charge < -0.3 is 0 Å². The molecule has 0 aromatic heterocycles. The zero-order valence-electron chi connectivity index (χ0n) is 16.7. The van der Waals surface area contributed by atoms with Crippen LogP contribution in [-0.2, 0) is 0 Å². The molecule has 0 aliphatic carbocycles. The van der Waals surface area contributed by atoms with Gasteiger partial charge in [-0.2, -0.15) is 17.6 Å². The monoisotopic (exact) mass is 445 g/mol. The third kappa shape index (κ3) is 5.42. The molecule has 0 radical (unpaired) electrons. The lowest BCUT2D eigenvalue weighted by molar-refractivity contribution is -0.132. The summed E-state index contributed by atoms with van der Waals surface area (Å²) in [6.07, 6.45) is 1.20. The van der Waals surface area contributed by atoms with Crippen LogP contribution in [0.25, 0.3) is 6.08 Å². The maximum absolute atomic E-state index is 15.3. The maximum Gasteiger partial charge on any atom is 0.355 e. The molecule has 0 heterocycles.